The average molecular weight is 242 g/mol. The van der Waals surface area contributed by atoms with E-state index in [0.717, 1.165) is 5.56 Å². The molecule has 3 nitrogen and oxygen atoms in total. The Labute approximate surface area is 96.6 Å². The molecule has 0 heterocycles. The molecule has 16 heavy (non-hydrogen) atoms. The van der Waals surface area contributed by atoms with Crippen molar-refractivity contribution in [2.45, 2.75) is 25.4 Å². The largest absolute Gasteiger partial charge is 0.396 e. The lowest BCUT2D eigenvalue weighted by Crippen LogP contribution is -2.05. The molecule has 0 aliphatic rings. The van der Waals surface area contributed by atoms with Gasteiger partial charge in [-0.3, -0.25) is 4.57 Å². The first-order valence-electron chi connectivity index (χ1n) is 5.59. The summed E-state index contributed by atoms with van der Waals surface area (Å²) in [5, 5.41) is 9.00. The van der Waals surface area contributed by atoms with Crippen LogP contribution in [-0.4, -0.2) is 22.8 Å². The maximum Gasteiger partial charge on any atom is 0.207 e. The van der Waals surface area contributed by atoms with Crippen molar-refractivity contribution >= 4 is 7.37 Å². The molecule has 0 spiro atoms. The second kappa shape index (κ2) is 6.19. The normalized spacial score (nSPS) is 16.7. The van der Waals surface area contributed by atoms with Gasteiger partial charge >= 0.3 is 0 Å². The zero-order valence-electron chi connectivity index (χ0n) is 9.54. The molecular formula is C12H19O3P. The Balaban J connectivity index is 2.95. The van der Waals surface area contributed by atoms with Gasteiger partial charge in [0.05, 0.1) is 5.66 Å². The van der Waals surface area contributed by atoms with E-state index in [1.165, 1.54) is 0 Å². The molecule has 2 N–H and O–H groups in total. The second-order valence-corrected chi connectivity index (χ2v) is 6.50. The lowest BCUT2D eigenvalue weighted by Gasteiger charge is -2.22. The molecule has 0 bridgehead atoms. The van der Waals surface area contributed by atoms with E-state index in [4.69, 9.17) is 5.11 Å². The number of hydrogen-bond donors (Lipinski definition) is 2. The van der Waals surface area contributed by atoms with E-state index in [1.807, 2.05) is 37.3 Å². The quantitative estimate of drug-likeness (QED) is 0.754. The van der Waals surface area contributed by atoms with Crippen molar-refractivity contribution in [3.63, 3.8) is 0 Å². The third-order valence-electron chi connectivity index (χ3n) is 2.62. The van der Waals surface area contributed by atoms with Crippen molar-refractivity contribution in [1.29, 1.82) is 0 Å². The van der Waals surface area contributed by atoms with Crippen LogP contribution in [0, 0.1) is 0 Å². The topological polar surface area (TPSA) is 57.5 Å². The van der Waals surface area contributed by atoms with Crippen molar-refractivity contribution in [1.82, 2.24) is 0 Å². The molecule has 0 radical (unpaired) electrons. The fourth-order valence-electron chi connectivity index (χ4n) is 1.88. The highest BCUT2D eigenvalue weighted by molar-refractivity contribution is 7.58. The molecule has 1 aromatic rings. The van der Waals surface area contributed by atoms with E-state index in [-0.39, 0.29) is 6.61 Å². The molecule has 1 aromatic carbocycles. The van der Waals surface area contributed by atoms with Gasteiger partial charge in [-0.05, 0) is 18.4 Å². The van der Waals surface area contributed by atoms with Gasteiger partial charge in [-0.1, -0.05) is 37.3 Å². The van der Waals surface area contributed by atoms with Gasteiger partial charge in [0.25, 0.3) is 0 Å². The molecule has 0 aliphatic heterocycles. The molecule has 0 saturated carbocycles. The summed E-state index contributed by atoms with van der Waals surface area (Å²) in [7, 11) is -3.20. The summed E-state index contributed by atoms with van der Waals surface area (Å²) < 4.78 is 12.1. The van der Waals surface area contributed by atoms with Gasteiger partial charge in [-0.15, -0.1) is 0 Å². The van der Waals surface area contributed by atoms with E-state index >= 15 is 0 Å². The van der Waals surface area contributed by atoms with Crippen LogP contribution >= 0.6 is 7.37 Å². The molecule has 2 atom stereocenters. The predicted molar refractivity (Wildman–Crippen MR) is 65.9 cm³/mol. The molecule has 0 fully saturated rings. The van der Waals surface area contributed by atoms with Gasteiger partial charge in [0.1, 0.15) is 0 Å². The summed E-state index contributed by atoms with van der Waals surface area (Å²) >= 11 is 0. The van der Waals surface area contributed by atoms with E-state index in [1.54, 1.807) is 0 Å². The van der Waals surface area contributed by atoms with Gasteiger partial charge in [-0.2, -0.15) is 0 Å². The molecule has 0 amide bonds. The van der Waals surface area contributed by atoms with Crippen LogP contribution in [0.1, 0.15) is 31.0 Å². The maximum atomic E-state index is 12.1. The molecule has 2 unspecified atom stereocenters. The van der Waals surface area contributed by atoms with E-state index in [9.17, 15) is 9.46 Å². The zero-order chi connectivity index (χ0) is 12.0. The van der Waals surface area contributed by atoms with Crippen LogP contribution in [-0.2, 0) is 4.57 Å². The Hall–Kier alpha value is -0.630. The number of aliphatic hydroxyl groups is 1. The third-order valence-corrected chi connectivity index (χ3v) is 5.24. The summed E-state index contributed by atoms with van der Waals surface area (Å²) in [6, 6.07) is 9.27. The minimum atomic E-state index is -3.20. The highest BCUT2D eigenvalue weighted by atomic mass is 31.2. The van der Waals surface area contributed by atoms with Crippen molar-refractivity contribution < 1.29 is 14.6 Å². The van der Waals surface area contributed by atoms with Crippen molar-refractivity contribution in [3.05, 3.63) is 35.9 Å². The fourth-order valence-corrected chi connectivity index (χ4v) is 3.98. The summed E-state index contributed by atoms with van der Waals surface area (Å²) in [5.41, 5.74) is 0.412. The van der Waals surface area contributed by atoms with Crippen LogP contribution in [0.5, 0.6) is 0 Å². The second-order valence-electron chi connectivity index (χ2n) is 3.92. The number of hydrogen-bond acceptors (Lipinski definition) is 2. The Kier molecular flexibility index (Phi) is 5.20. The summed E-state index contributed by atoms with van der Waals surface area (Å²) in [4.78, 5) is 10.0. The number of rotatable bonds is 6. The van der Waals surface area contributed by atoms with Gasteiger partial charge in [0.15, 0.2) is 0 Å². The Morgan fingerprint density at radius 1 is 1.31 bits per heavy atom. The summed E-state index contributed by atoms with van der Waals surface area (Å²) in [6.07, 6.45) is 1.34. The molecule has 0 aromatic heterocycles. The zero-order valence-corrected chi connectivity index (χ0v) is 10.4. The lowest BCUT2D eigenvalue weighted by atomic mass is 10.1. The van der Waals surface area contributed by atoms with Crippen LogP contribution in [0.15, 0.2) is 30.3 Å². The molecule has 90 valence electrons. The number of aliphatic hydroxyl groups excluding tert-OH is 1. The monoisotopic (exact) mass is 242 g/mol. The van der Waals surface area contributed by atoms with Crippen molar-refractivity contribution in [2.24, 2.45) is 0 Å². The first-order chi connectivity index (χ1) is 7.61. The van der Waals surface area contributed by atoms with E-state index < -0.39 is 13.0 Å². The molecule has 0 aliphatic carbocycles. The first-order valence-corrected chi connectivity index (χ1v) is 7.50. The lowest BCUT2D eigenvalue weighted by molar-refractivity contribution is 0.282. The highest BCUT2D eigenvalue weighted by Gasteiger charge is 2.30. The molecule has 4 heteroatoms. The number of benzene rings is 1. The smallest absolute Gasteiger partial charge is 0.207 e. The SMILES string of the molecule is CCCP(=O)(O)C(CCO)c1ccccc1. The van der Waals surface area contributed by atoms with Crippen LogP contribution < -0.4 is 0 Å². The summed E-state index contributed by atoms with van der Waals surface area (Å²) in [5.74, 6) is 0. The molecule has 0 saturated heterocycles. The maximum absolute atomic E-state index is 12.1. The van der Waals surface area contributed by atoms with Crippen molar-refractivity contribution in [3.8, 4) is 0 Å². The van der Waals surface area contributed by atoms with Gasteiger partial charge in [0, 0.05) is 12.8 Å². The summed E-state index contributed by atoms with van der Waals surface area (Å²) in [6.45, 7) is 1.83. The predicted octanol–water partition coefficient (Wildman–Crippen LogP) is 2.79. The van der Waals surface area contributed by atoms with Crippen LogP contribution in [0.3, 0.4) is 0 Å². The average Bonchev–Trinajstić information content (AvgIpc) is 2.27. The Morgan fingerprint density at radius 2 is 1.94 bits per heavy atom. The van der Waals surface area contributed by atoms with Gasteiger partial charge in [0.2, 0.25) is 7.37 Å². The van der Waals surface area contributed by atoms with E-state index in [0.29, 0.717) is 19.0 Å². The minimum absolute atomic E-state index is 0.0617. The van der Waals surface area contributed by atoms with Crippen LogP contribution in [0.4, 0.5) is 0 Å². The Morgan fingerprint density at radius 3 is 2.44 bits per heavy atom. The first kappa shape index (κ1) is 13.4. The molecule has 1 rings (SSSR count). The molecular weight excluding hydrogens is 223 g/mol. The highest BCUT2D eigenvalue weighted by Crippen LogP contribution is 2.57. The fraction of sp³-hybridized carbons (Fsp3) is 0.500. The van der Waals surface area contributed by atoms with Gasteiger partial charge < -0.3 is 10.00 Å². The third kappa shape index (κ3) is 3.44. The van der Waals surface area contributed by atoms with Gasteiger partial charge in [-0.25, -0.2) is 0 Å². The Bertz CT molecular complexity index is 351. The minimum Gasteiger partial charge on any atom is -0.396 e. The van der Waals surface area contributed by atoms with E-state index in [2.05, 4.69) is 0 Å². The van der Waals surface area contributed by atoms with Crippen LogP contribution in [0.2, 0.25) is 0 Å². The van der Waals surface area contributed by atoms with Crippen LogP contribution in [0.25, 0.3) is 0 Å². The standard InChI is InChI=1S/C12H19O3P/c1-2-10-16(14,15)12(8-9-13)11-6-4-3-5-7-11/h3-7,12-13H,2,8-10H2,1H3,(H,14,15). The van der Waals surface area contributed by atoms with Crippen molar-refractivity contribution in [2.75, 3.05) is 12.8 Å².